The van der Waals surface area contributed by atoms with Crippen LogP contribution in [0.5, 0.6) is 0 Å². The first-order valence-corrected chi connectivity index (χ1v) is 9.14. The van der Waals surface area contributed by atoms with E-state index in [1.807, 2.05) is 12.1 Å². The Balaban J connectivity index is 0.000000412. The van der Waals surface area contributed by atoms with E-state index in [1.54, 1.807) is 11.8 Å². The molecule has 0 aliphatic rings. The van der Waals surface area contributed by atoms with Gasteiger partial charge in [0.15, 0.2) is 0 Å². The number of nitrogens with zero attached hydrogens (tertiary/aromatic N) is 1. The first-order valence-electron chi connectivity index (χ1n) is 7.75. The molecule has 0 aliphatic heterocycles. The van der Waals surface area contributed by atoms with Crippen LogP contribution in [-0.4, -0.2) is 33.5 Å². The molecule has 2 N–H and O–H groups in total. The Hall–Kier alpha value is -1.36. The normalized spacial score (nSPS) is 9.17. The van der Waals surface area contributed by atoms with Gasteiger partial charge < -0.3 is 10.4 Å². The van der Waals surface area contributed by atoms with Crippen molar-refractivity contribution in [3.63, 3.8) is 0 Å². The molecule has 0 spiro atoms. The maximum Gasteiger partial charge on any atom is 0.136 e. The third-order valence-corrected chi connectivity index (χ3v) is 4.58. The topological polar surface area (TPSA) is 34.7 Å². The highest BCUT2D eigenvalue weighted by molar-refractivity contribution is 8.22. The second-order valence-electron chi connectivity index (χ2n) is 4.60. The molecule has 0 unspecified atom stereocenters. The van der Waals surface area contributed by atoms with Gasteiger partial charge >= 0.3 is 0 Å². The van der Waals surface area contributed by atoms with Gasteiger partial charge in [0.2, 0.25) is 0 Å². The SMILES string of the molecule is CCSC(=S)N(CC)CC.O.c1ccc(-c2ccccc2)cc1. The maximum atomic E-state index is 5.16. The van der Waals surface area contributed by atoms with Crippen molar-refractivity contribution < 1.29 is 5.48 Å². The minimum atomic E-state index is 0. The zero-order valence-corrected chi connectivity index (χ0v) is 15.8. The molecule has 0 atom stereocenters. The van der Waals surface area contributed by atoms with Crippen LogP contribution in [0.1, 0.15) is 20.8 Å². The van der Waals surface area contributed by atoms with Gasteiger partial charge in [-0.05, 0) is 30.7 Å². The zero-order valence-electron chi connectivity index (χ0n) is 14.2. The van der Waals surface area contributed by atoms with Crippen molar-refractivity contribution >= 4 is 28.3 Å². The van der Waals surface area contributed by atoms with Crippen LogP contribution in [0, 0.1) is 0 Å². The van der Waals surface area contributed by atoms with Gasteiger partial charge in [-0.2, -0.15) is 0 Å². The Morgan fingerprint density at radius 1 is 0.826 bits per heavy atom. The predicted molar refractivity (Wildman–Crippen MR) is 109 cm³/mol. The van der Waals surface area contributed by atoms with Crippen LogP contribution in [-0.2, 0) is 0 Å². The highest BCUT2D eigenvalue weighted by Gasteiger charge is 2.02. The third-order valence-electron chi connectivity index (χ3n) is 3.17. The lowest BCUT2D eigenvalue weighted by molar-refractivity contribution is 0.482. The van der Waals surface area contributed by atoms with E-state index in [0.29, 0.717) is 0 Å². The van der Waals surface area contributed by atoms with Crippen molar-refractivity contribution in [2.45, 2.75) is 20.8 Å². The molecular weight excluding hydrogens is 322 g/mol. The van der Waals surface area contributed by atoms with Crippen LogP contribution in [0.3, 0.4) is 0 Å². The molecule has 0 aliphatic carbocycles. The lowest BCUT2D eigenvalue weighted by Crippen LogP contribution is -2.26. The first-order chi connectivity index (χ1) is 10.7. The average molecular weight is 350 g/mol. The summed E-state index contributed by atoms with van der Waals surface area (Å²) in [7, 11) is 0. The van der Waals surface area contributed by atoms with E-state index >= 15 is 0 Å². The van der Waals surface area contributed by atoms with E-state index in [0.717, 1.165) is 23.2 Å². The Morgan fingerprint density at radius 2 is 1.22 bits per heavy atom. The Labute approximate surface area is 150 Å². The third kappa shape index (κ3) is 8.16. The number of thioether (sulfide) groups is 1. The van der Waals surface area contributed by atoms with Crippen LogP contribution in [0.4, 0.5) is 0 Å². The quantitative estimate of drug-likeness (QED) is 0.737. The molecule has 0 heterocycles. The monoisotopic (exact) mass is 349 g/mol. The van der Waals surface area contributed by atoms with Crippen LogP contribution in [0.15, 0.2) is 60.7 Å². The molecule has 0 amide bonds. The molecule has 0 saturated carbocycles. The maximum absolute atomic E-state index is 5.16. The molecule has 0 radical (unpaired) electrons. The van der Waals surface area contributed by atoms with Gasteiger partial charge in [-0.1, -0.05) is 91.6 Å². The molecular formula is C19H27NOS2. The Morgan fingerprint density at radius 3 is 1.52 bits per heavy atom. The van der Waals surface area contributed by atoms with Crippen LogP contribution < -0.4 is 0 Å². The molecule has 2 rings (SSSR count). The number of hydrogen-bond donors (Lipinski definition) is 0. The second kappa shape index (κ2) is 13.1. The molecule has 2 aromatic rings. The van der Waals surface area contributed by atoms with E-state index in [-0.39, 0.29) is 5.48 Å². The van der Waals surface area contributed by atoms with E-state index in [9.17, 15) is 0 Å². The highest BCUT2D eigenvalue weighted by Crippen LogP contribution is 2.17. The average Bonchev–Trinajstić information content (AvgIpc) is 2.58. The fourth-order valence-corrected chi connectivity index (χ4v) is 3.26. The molecule has 4 heteroatoms. The van der Waals surface area contributed by atoms with Crippen molar-refractivity contribution in [1.82, 2.24) is 4.90 Å². The fraction of sp³-hybridized carbons (Fsp3) is 0.316. The largest absolute Gasteiger partial charge is 0.412 e. The molecule has 126 valence electrons. The Bertz CT molecular complexity index is 490. The number of thiocarbonyl (C=S) groups is 1. The summed E-state index contributed by atoms with van der Waals surface area (Å²) in [6, 6.07) is 20.8. The number of benzene rings is 2. The summed E-state index contributed by atoms with van der Waals surface area (Å²) in [5, 5.41) is 0. The lowest BCUT2D eigenvalue weighted by atomic mass is 10.1. The van der Waals surface area contributed by atoms with Crippen LogP contribution >= 0.6 is 24.0 Å². The van der Waals surface area contributed by atoms with Gasteiger partial charge in [0.1, 0.15) is 4.32 Å². The summed E-state index contributed by atoms with van der Waals surface area (Å²) < 4.78 is 1.03. The number of hydrogen-bond acceptors (Lipinski definition) is 2. The molecule has 23 heavy (non-hydrogen) atoms. The van der Waals surface area contributed by atoms with E-state index < -0.39 is 0 Å². The van der Waals surface area contributed by atoms with Gasteiger partial charge in [0.25, 0.3) is 0 Å². The van der Waals surface area contributed by atoms with E-state index in [1.165, 1.54) is 11.1 Å². The standard InChI is InChI=1S/C12H10.C7H15NS2.H2O/c1-3-7-11(8-4-1)12-9-5-2-6-10-12;1-4-8(5-2)7(9)10-6-3;/h1-10H;4-6H2,1-3H3;1H2. The second-order valence-corrected chi connectivity index (χ2v) is 6.50. The van der Waals surface area contributed by atoms with Gasteiger partial charge in [-0.15, -0.1) is 0 Å². The smallest absolute Gasteiger partial charge is 0.136 e. The summed E-state index contributed by atoms with van der Waals surface area (Å²) in [5.74, 6) is 1.08. The van der Waals surface area contributed by atoms with Gasteiger partial charge in [0, 0.05) is 13.1 Å². The van der Waals surface area contributed by atoms with Gasteiger partial charge in [-0.25, -0.2) is 0 Å². The van der Waals surface area contributed by atoms with E-state index in [4.69, 9.17) is 12.2 Å². The van der Waals surface area contributed by atoms with Crippen LogP contribution in [0.2, 0.25) is 0 Å². The van der Waals surface area contributed by atoms with Gasteiger partial charge in [-0.3, -0.25) is 0 Å². The zero-order chi connectivity index (χ0) is 16.2. The molecule has 0 saturated heterocycles. The molecule has 0 aromatic heterocycles. The molecule has 2 aromatic carbocycles. The fourth-order valence-electron chi connectivity index (χ4n) is 1.96. The molecule has 0 fully saturated rings. The summed E-state index contributed by atoms with van der Waals surface area (Å²) in [4.78, 5) is 2.20. The van der Waals surface area contributed by atoms with Crippen molar-refractivity contribution in [2.75, 3.05) is 18.8 Å². The minimum absolute atomic E-state index is 0. The van der Waals surface area contributed by atoms with E-state index in [2.05, 4.69) is 74.2 Å². The lowest BCUT2D eigenvalue weighted by Gasteiger charge is -2.20. The first kappa shape index (κ1) is 21.6. The van der Waals surface area contributed by atoms with Crippen molar-refractivity contribution in [2.24, 2.45) is 0 Å². The summed E-state index contributed by atoms with van der Waals surface area (Å²) in [6.07, 6.45) is 0. The summed E-state index contributed by atoms with van der Waals surface area (Å²) >= 11 is 6.91. The number of rotatable bonds is 4. The summed E-state index contributed by atoms with van der Waals surface area (Å²) in [6.45, 7) is 8.45. The Kier molecular flexibility index (Phi) is 12.3. The van der Waals surface area contributed by atoms with Crippen molar-refractivity contribution in [3.8, 4) is 11.1 Å². The highest BCUT2D eigenvalue weighted by atomic mass is 32.2. The minimum Gasteiger partial charge on any atom is -0.412 e. The van der Waals surface area contributed by atoms with Crippen LogP contribution in [0.25, 0.3) is 11.1 Å². The molecule has 2 nitrogen and oxygen atoms in total. The van der Waals surface area contributed by atoms with Crippen molar-refractivity contribution in [1.29, 1.82) is 0 Å². The van der Waals surface area contributed by atoms with Gasteiger partial charge in [0.05, 0.1) is 0 Å². The predicted octanol–water partition coefficient (Wildman–Crippen LogP) is 4.90. The van der Waals surface area contributed by atoms with Crippen molar-refractivity contribution in [3.05, 3.63) is 60.7 Å². The summed E-state index contributed by atoms with van der Waals surface area (Å²) in [5.41, 5.74) is 2.55. The molecule has 0 bridgehead atoms.